The van der Waals surface area contributed by atoms with Crippen molar-refractivity contribution >= 4 is 5.91 Å². The van der Waals surface area contributed by atoms with Gasteiger partial charge >= 0.3 is 0 Å². The van der Waals surface area contributed by atoms with Gasteiger partial charge in [0.2, 0.25) is 0 Å². The summed E-state index contributed by atoms with van der Waals surface area (Å²) in [4.78, 5) is 11.9. The number of nitrogens with zero attached hydrogens (tertiary/aromatic N) is 2. The lowest BCUT2D eigenvalue weighted by Crippen LogP contribution is -2.26. The van der Waals surface area contributed by atoms with Crippen molar-refractivity contribution in [2.75, 3.05) is 0 Å². The lowest BCUT2D eigenvalue weighted by atomic mass is 10.1. The summed E-state index contributed by atoms with van der Waals surface area (Å²) in [6, 6.07) is 9.76. The van der Waals surface area contributed by atoms with Gasteiger partial charge in [-0.1, -0.05) is 24.3 Å². The van der Waals surface area contributed by atoms with E-state index >= 15 is 0 Å². The number of nitrogens with one attached hydrogen (secondary N) is 1. The molecule has 4 nitrogen and oxygen atoms in total. The van der Waals surface area contributed by atoms with Crippen LogP contribution in [0, 0.1) is 0 Å². The highest BCUT2D eigenvalue weighted by molar-refractivity contribution is 5.99. The van der Waals surface area contributed by atoms with E-state index in [1.165, 1.54) is 0 Å². The van der Waals surface area contributed by atoms with E-state index in [9.17, 15) is 4.79 Å². The average Bonchev–Trinajstić information content (AvgIpc) is 3.04. The molecule has 0 aromatic heterocycles. The molecule has 1 fully saturated rings. The van der Waals surface area contributed by atoms with Crippen LogP contribution < -0.4 is 5.32 Å². The van der Waals surface area contributed by atoms with Crippen LogP contribution in [0.15, 0.2) is 30.3 Å². The molecule has 0 radical (unpaired) electrons. The van der Waals surface area contributed by atoms with Crippen LogP contribution in [-0.2, 0) is 0 Å². The quantitative estimate of drug-likeness (QED) is 0.822. The van der Waals surface area contributed by atoms with Gasteiger partial charge in [0.05, 0.1) is 5.69 Å². The number of aromatic nitrogens is 2. The molecule has 0 bridgehead atoms. The Morgan fingerprint density at radius 3 is 2.81 bits per heavy atom. The molecule has 16 heavy (non-hydrogen) atoms. The van der Waals surface area contributed by atoms with E-state index < -0.39 is 0 Å². The van der Waals surface area contributed by atoms with Crippen LogP contribution in [0.25, 0.3) is 11.3 Å². The third kappa shape index (κ3) is 1.62. The zero-order chi connectivity index (χ0) is 11.0. The minimum atomic E-state index is -0.115. The maximum Gasteiger partial charge on any atom is 0.272 e. The number of carbonyl (C=O) groups excluding carboxylic acids is 1. The summed E-state index contributed by atoms with van der Waals surface area (Å²) >= 11 is 0. The van der Waals surface area contributed by atoms with Crippen LogP contribution in [0.3, 0.4) is 0 Å². The summed E-state index contributed by atoms with van der Waals surface area (Å²) in [5, 5.41) is 10.9. The minimum absolute atomic E-state index is 0.115. The summed E-state index contributed by atoms with van der Waals surface area (Å²) in [7, 11) is 0. The molecule has 1 saturated carbocycles. The van der Waals surface area contributed by atoms with Crippen molar-refractivity contribution in [3.05, 3.63) is 36.0 Å². The molecule has 1 amide bonds. The number of fused-ring (bicyclic) bond motifs is 1. The average molecular weight is 213 g/mol. The second-order valence-electron chi connectivity index (χ2n) is 4.01. The molecule has 0 atom stereocenters. The number of hydrogen-bond acceptors (Lipinski definition) is 3. The predicted octanol–water partition coefficient (Wildman–Crippen LogP) is 1.47. The third-order valence-electron chi connectivity index (χ3n) is 2.66. The Labute approximate surface area is 93.0 Å². The summed E-state index contributed by atoms with van der Waals surface area (Å²) in [6.45, 7) is 0. The number of rotatable bonds is 2. The van der Waals surface area contributed by atoms with Gasteiger partial charge in [-0.05, 0) is 18.9 Å². The molecule has 0 spiro atoms. The first-order valence-corrected chi connectivity index (χ1v) is 5.37. The zero-order valence-corrected chi connectivity index (χ0v) is 8.68. The van der Waals surface area contributed by atoms with Crippen LogP contribution in [0.2, 0.25) is 0 Å². The van der Waals surface area contributed by atoms with Gasteiger partial charge in [0.15, 0.2) is 5.69 Å². The Bertz CT molecular complexity index is 508. The van der Waals surface area contributed by atoms with Gasteiger partial charge in [-0.2, -0.15) is 0 Å². The Hall–Kier alpha value is -1.97. The molecule has 0 aromatic rings. The highest BCUT2D eigenvalue weighted by Gasteiger charge is 2.26. The molecule has 3 rings (SSSR count). The van der Waals surface area contributed by atoms with Crippen molar-refractivity contribution in [1.82, 2.24) is 15.5 Å². The van der Waals surface area contributed by atoms with E-state index in [0.717, 1.165) is 24.1 Å². The van der Waals surface area contributed by atoms with Crippen LogP contribution >= 0.6 is 0 Å². The lowest BCUT2D eigenvalue weighted by molar-refractivity contribution is 0.0947. The van der Waals surface area contributed by atoms with Gasteiger partial charge in [0, 0.05) is 11.6 Å². The van der Waals surface area contributed by atoms with Crippen LogP contribution in [-0.4, -0.2) is 22.1 Å². The zero-order valence-electron chi connectivity index (χ0n) is 8.68. The molecule has 3 aliphatic rings. The first kappa shape index (κ1) is 9.27. The summed E-state index contributed by atoms with van der Waals surface area (Å²) in [5.41, 5.74) is 1.99. The second kappa shape index (κ2) is 3.56. The van der Waals surface area contributed by atoms with E-state index in [1.54, 1.807) is 0 Å². The van der Waals surface area contributed by atoms with Crippen LogP contribution in [0.1, 0.15) is 23.3 Å². The summed E-state index contributed by atoms with van der Waals surface area (Å²) < 4.78 is 0. The second-order valence-corrected chi connectivity index (χ2v) is 4.01. The molecule has 80 valence electrons. The minimum Gasteiger partial charge on any atom is -0.348 e. The van der Waals surface area contributed by atoms with Crippen molar-refractivity contribution in [2.45, 2.75) is 18.9 Å². The summed E-state index contributed by atoms with van der Waals surface area (Å²) in [5.74, 6) is -0.115. The fourth-order valence-electron chi connectivity index (χ4n) is 1.63. The van der Waals surface area contributed by atoms with Crippen molar-refractivity contribution in [2.24, 2.45) is 0 Å². The fraction of sp³-hybridized carbons (Fsp3) is 0.250. The monoisotopic (exact) mass is 213 g/mol. The maximum absolute atomic E-state index is 11.9. The smallest absolute Gasteiger partial charge is 0.272 e. The number of amides is 1. The van der Waals surface area contributed by atoms with E-state index in [1.807, 2.05) is 30.3 Å². The highest BCUT2D eigenvalue weighted by Crippen LogP contribution is 2.23. The molecule has 2 aliphatic carbocycles. The molecule has 1 heterocycles. The molecule has 0 saturated heterocycles. The normalized spacial score (nSPS) is 15.0. The van der Waals surface area contributed by atoms with Crippen molar-refractivity contribution in [3.8, 4) is 11.3 Å². The van der Waals surface area contributed by atoms with Gasteiger partial charge < -0.3 is 5.32 Å². The first-order valence-electron chi connectivity index (χ1n) is 5.37. The largest absolute Gasteiger partial charge is 0.348 e. The van der Waals surface area contributed by atoms with Gasteiger partial charge in [-0.3, -0.25) is 4.79 Å². The molecule has 4 heteroatoms. The maximum atomic E-state index is 11.9. The standard InChI is InChI=1S/C12H11N3O/c16-12(13-8-6-7-8)11-9-4-2-1-3-5-10(9)14-15-11/h1-5,8H,6-7H2,(H,13,16). The fourth-order valence-corrected chi connectivity index (χ4v) is 1.63. The van der Waals surface area contributed by atoms with Crippen LogP contribution in [0.4, 0.5) is 0 Å². The molecule has 1 N–H and O–H groups in total. The van der Waals surface area contributed by atoms with Gasteiger partial charge in [-0.25, -0.2) is 0 Å². The first-order chi connectivity index (χ1) is 7.84. The van der Waals surface area contributed by atoms with Gasteiger partial charge in [0.25, 0.3) is 5.91 Å². The molecular formula is C12H11N3O. The molecule has 0 unspecified atom stereocenters. The highest BCUT2D eigenvalue weighted by atomic mass is 16.2. The van der Waals surface area contributed by atoms with Crippen molar-refractivity contribution < 1.29 is 4.79 Å². The molecule has 1 aliphatic heterocycles. The Morgan fingerprint density at radius 2 is 2.00 bits per heavy atom. The van der Waals surface area contributed by atoms with Crippen molar-refractivity contribution in [1.29, 1.82) is 0 Å². The Kier molecular flexibility index (Phi) is 2.06. The Balaban J connectivity index is 1.96. The third-order valence-corrected chi connectivity index (χ3v) is 2.66. The van der Waals surface area contributed by atoms with Crippen LogP contribution in [0.5, 0.6) is 0 Å². The molecular weight excluding hydrogens is 202 g/mol. The van der Waals surface area contributed by atoms with Crippen molar-refractivity contribution in [3.63, 3.8) is 0 Å². The predicted molar refractivity (Wildman–Crippen MR) is 59.1 cm³/mol. The topological polar surface area (TPSA) is 54.9 Å². The van der Waals surface area contributed by atoms with Gasteiger partial charge in [0.1, 0.15) is 0 Å². The number of carbonyl (C=O) groups is 1. The lowest BCUT2D eigenvalue weighted by Gasteiger charge is -2.00. The summed E-state index contributed by atoms with van der Waals surface area (Å²) in [6.07, 6.45) is 2.15. The van der Waals surface area contributed by atoms with E-state index in [4.69, 9.17) is 0 Å². The van der Waals surface area contributed by atoms with E-state index in [2.05, 4.69) is 15.5 Å². The SMILES string of the molecule is O=C(NC1CC1)c1nnc2cccccc1-2. The molecule has 0 aromatic carbocycles. The van der Waals surface area contributed by atoms with E-state index in [-0.39, 0.29) is 5.91 Å². The van der Waals surface area contributed by atoms with Gasteiger partial charge in [-0.15, -0.1) is 10.2 Å². The Morgan fingerprint density at radius 1 is 1.19 bits per heavy atom. The van der Waals surface area contributed by atoms with E-state index in [0.29, 0.717) is 11.7 Å². The number of hydrogen-bond donors (Lipinski definition) is 1.